The molecular weight excluding hydrogens is 389 g/mol. The van der Waals surface area contributed by atoms with E-state index in [-0.39, 0.29) is 23.6 Å². The van der Waals surface area contributed by atoms with Crippen LogP contribution in [0.1, 0.15) is 42.0 Å². The lowest BCUT2D eigenvalue weighted by molar-refractivity contribution is -0.169. The second-order valence-corrected chi connectivity index (χ2v) is 7.16. The predicted octanol–water partition coefficient (Wildman–Crippen LogP) is 2.07. The number of aromatic amines is 1. The van der Waals surface area contributed by atoms with Crippen molar-refractivity contribution in [2.75, 3.05) is 11.9 Å². The third kappa shape index (κ3) is 4.13. The highest BCUT2D eigenvalue weighted by Crippen LogP contribution is 2.30. The Hall–Kier alpha value is -2.85. The molecule has 1 aliphatic rings. The van der Waals surface area contributed by atoms with Gasteiger partial charge >= 0.3 is 6.18 Å². The van der Waals surface area contributed by atoms with E-state index in [1.807, 2.05) is 0 Å². The number of anilines is 1. The lowest BCUT2D eigenvalue weighted by Gasteiger charge is -2.20. The third-order valence-corrected chi connectivity index (χ3v) is 5.18. The fourth-order valence-corrected chi connectivity index (χ4v) is 3.38. The van der Waals surface area contributed by atoms with Gasteiger partial charge in [0.1, 0.15) is 6.04 Å². The van der Waals surface area contributed by atoms with E-state index in [1.165, 1.54) is 4.90 Å². The van der Waals surface area contributed by atoms with Crippen molar-refractivity contribution in [2.24, 2.45) is 5.92 Å². The number of halogens is 3. The maximum atomic E-state index is 13.0. The van der Waals surface area contributed by atoms with Crippen molar-refractivity contribution in [3.63, 3.8) is 0 Å². The minimum atomic E-state index is -4.38. The number of aryl methyl sites for hydroxylation is 2. The van der Waals surface area contributed by atoms with E-state index in [2.05, 4.69) is 20.5 Å². The van der Waals surface area contributed by atoms with Gasteiger partial charge in [0.05, 0.1) is 5.92 Å². The number of carbonyl (C=O) groups excluding carboxylic acids is 2. The van der Waals surface area contributed by atoms with Gasteiger partial charge in [0, 0.05) is 37.2 Å². The first kappa shape index (κ1) is 20.9. The molecular formula is C18H23F3N6O2. The minimum absolute atomic E-state index is 0.101. The standard InChI is InChI=1S/C18H23F3N6O2/c1-4-12-11(9-10(2)18(19,20)21)14(25-24-12)15(28)23-13-5-7-27-8-6-22-17(27)26(3)16(13)29/h6,8,10,13H,4-5,7,9H2,1-3H3,(H,23,28)(H,24,25). The third-order valence-electron chi connectivity index (χ3n) is 5.18. The van der Waals surface area contributed by atoms with Crippen LogP contribution in [0.25, 0.3) is 0 Å². The maximum Gasteiger partial charge on any atom is 0.391 e. The SMILES string of the molecule is CCc1[nH]nc(C(=O)NC2CCn3ccnc3N(C)C2=O)c1CC(C)C(F)(F)F. The highest BCUT2D eigenvalue weighted by molar-refractivity contribution is 6.01. The number of hydrogen-bond donors (Lipinski definition) is 2. The summed E-state index contributed by atoms with van der Waals surface area (Å²) in [4.78, 5) is 31.0. The molecule has 3 heterocycles. The first-order chi connectivity index (χ1) is 13.6. The van der Waals surface area contributed by atoms with E-state index in [0.717, 1.165) is 6.92 Å². The van der Waals surface area contributed by atoms with Crippen molar-refractivity contribution in [1.29, 1.82) is 0 Å². The average Bonchev–Trinajstić information content (AvgIpc) is 3.27. The number of H-pyrrole nitrogens is 1. The molecule has 2 atom stereocenters. The van der Waals surface area contributed by atoms with E-state index < -0.39 is 24.0 Å². The summed E-state index contributed by atoms with van der Waals surface area (Å²) in [6, 6.07) is -0.830. The molecule has 0 saturated carbocycles. The Kier molecular flexibility index (Phi) is 5.67. The highest BCUT2D eigenvalue weighted by Gasteiger charge is 2.38. The van der Waals surface area contributed by atoms with Crippen LogP contribution in [0.5, 0.6) is 0 Å². The Morgan fingerprint density at radius 3 is 2.83 bits per heavy atom. The van der Waals surface area contributed by atoms with E-state index >= 15 is 0 Å². The number of hydrogen-bond acceptors (Lipinski definition) is 4. The average molecular weight is 412 g/mol. The number of nitrogens with zero attached hydrogens (tertiary/aromatic N) is 4. The first-order valence-electron chi connectivity index (χ1n) is 9.35. The number of alkyl halides is 3. The summed E-state index contributed by atoms with van der Waals surface area (Å²) in [5.74, 6) is -2.17. The molecule has 2 unspecified atom stereocenters. The fraction of sp³-hybridized carbons (Fsp3) is 0.556. The quantitative estimate of drug-likeness (QED) is 0.786. The Labute approximate surface area is 165 Å². The Bertz CT molecular complexity index is 904. The molecule has 0 bridgehead atoms. The highest BCUT2D eigenvalue weighted by atomic mass is 19.4. The molecule has 0 fully saturated rings. The molecule has 1 aliphatic heterocycles. The summed E-state index contributed by atoms with van der Waals surface area (Å²) in [5, 5.41) is 9.23. The molecule has 0 radical (unpaired) electrons. The molecule has 3 rings (SSSR count). The summed E-state index contributed by atoms with van der Waals surface area (Å²) in [6.45, 7) is 3.30. The number of imidazole rings is 1. The van der Waals surface area contributed by atoms with Gasteiger partial charge in [-0.2, -0.15) is 18.3 Å². The van der Waals surface area contributed by atoms with Crippen LogP contribution in [-0.4, -0.2) is 50.8 Å². The van der Waals surface area contributed by atoms with Gasteiger partial charge in [-0.15, -0.1) is 0 Å². The van der Waals surface area contributed by atoms with E-state index in [1.54, 1.807) is 30.9 Å². The summed E-state index contributed by atoms with van der Waals surface area (Å²) >= 11 is 0. The van der Waals surface area contributed by atoms with Crippen LogP contribution in [0.3, 0.4) is 0 Å². The number of fused-ring (bicyclic) bond motifs is 1. The van der Waals surface area contributed by atoms with Crippen LogP contribution in [0, 0.1) is 5.92 Å². The van der Waals surface area contributed by atoms with Crippen LogP contribution in [-0.2, 0) is 24.2 Å². The molecule has 2 aromatic heterocycles. The summed E-state index contributed by atoms with van der Waals surface area (Å²) in [5.41, 5.74) is 0.614. The van der Waals surface area contributed by atoms with Crippen molar-refractivity contribution < 1.29 is 22.8 Å². The molecule has 2 N–H and O–H groups in total. The normalized spacial score (nSPS) is 18.3. The lowest BCUT2D eigenvalue weighted by atomic mass is 9.97. The Morgan fingerprint density at radius 2 is 2.17 bits per heavy atom. The molecule has 0 spiro atoms. The van der Waals surface area contributed by atoms with Gasteiger partial charge in [0.2, 0.25) is 5.95 Å². The zero-order chi connectivity index (χ0) is 21.3. The lowest BCUT2D eigenvalue weighted by Crippen LogP contribution is -2.47. The maximum absolute atomic E-state index is 13.0. The molecule has 0 saturated heterocycles. The Morgan fingerprint density at radius 1 is 1.45 bits per heavy atom. The number of carbonyl (C=O) groups is 2. The number of rotatable bonds is 5. The van der Waals surface area contributed by atoms with Crippen molar-refractivity contribution in [2.45, 2.75) is 51.9 Å². The smallest absolute Gasteiger partial charge is 0.339 e. The van der Waals surface area contributed by atoms with Crippen LogP contribution >= 0.6 is 0 Å². The van der Waals surface area contributed by atoms with Gasteiger partial charge in [-0.3, -0.25) is 19.6 Å². The van der Waals surface area contributed by atoms with E-state index in [9.17, 15) is 22.8 Å². The summed E-state index contributed by atoms with van der Waals surface area (Å²) < 4.78 is 40.9. The molecule has 2 aromatic rings. The molecule has 2 amide bonds. The second kappa shape index (κ2) is 7.88. The van der Waals surface area contributed by atoms with Crippen molar-refractivity contribution >= 4 is 17.8 Å². The molecule has 0 aromatic carbocycles. The van der Waals surface area contributed by atoms with Gasteiger partial charge in [-0.1, -0.05) is 13.8 Å². The molecule has 8 nitrogen and oxygen atoms in total. The van der Waals surface area contributed by atoms with E-state index in [4.69, 9.17) is 0 Å². The molecule has 11 heteroatoms. The van der Waals surface area contributed by atoms with Crippen LogP contribution in [0.2, 0.25) is 0 Å². The van der Waals surface area contributed by atoms with Crippen LogP contribution < -0.4 is 10.2 Å². The molecule has 29 heavy (non-hydrogen) atoms. The van der Waals surface area contributed by atoms with Crippen molar-refractivity contribution in [3.05, 3.63) is 29.3 Å². The summed E-state index contributed by atoms with van der Waals surface area (Å²) in [6.07, 6.45) is -0.677. The van der Waals surface area contributed by atoms with Gasteiger partial charge < -0.3 is 9.88 Å². The molecule has 158 valence electrons. The minimum Gasteiger partial charge on any atom is -0.339 e. The zero-order valence-corrected chi connectivity index (χ0v) is 16.4. The largest absolute Gasteiger partial charge is 0.391 e. The summed E-state index contributed by atoms with van der Waals surface area (Å²) in [7, 11) is 1.56. The second-order valence-electron chi connectivity index (χ2n) is 7.16. The van der Waals surface area contributed by atoms with Crippen molar-refractivity contribution in [1.82, 2.24) is 25.1 Å². The number of amides is 2. The van der Waals surface area contributed by atoms with Gasteiger partial charge in [-0.25, -0.2) is 4.98 Å². The number of nitrogens with one attached hydrogen (secondary N) is 2. The van der Waals surface area contributed by atoms with Gasteiger partial charge in [-0.05, 0) is 19.3 Å². The predicted molar refractivity (Wildman–Crippen MR) is 98.4 cm³/mol. The van der Waals surface area contributed by atoms with Gasteiger partial charge in [0.15, 0.2) is 5.69 Å². The van der Waals surface area contributed by atoms with E-state index in [0.29, 0.717) is 31.0 Å². The monoisotopic (exact) mass is 412 g/mol. The van der Waals surface area contributed by atoms with Crippen LogP contribution in [0.4, 0.5) is 19.1 Å². The fourth-order valence-electron chi connectivity index (χ4n) is 3.38. The number of aromatic nitrogens is 4. The van der Waals surface area contributed by atoms with Crippen molar-refractivity contribution in [3.8, 4) is 0 Å². The zero-order valence-electron chi connectivity index (χ0n) is 16.4. The van der Waals surface area contributed by atoms with Crippen LogP contribution in [0.15, 0.2) is 12.4 Å². The number of likely N-dealkylation sites (N-methyl/N-ethyl adjacent to an activating group) is 1. The molecule has 0 aliphatic carbocycles. The van der Waals surface area contributed by atoms with Gasteiger partial charge in [0.25, 0.3) is 11.8 Å². The Balaban J connectivity index is 1.80. The topological polar surface area (TPSA) is 95.9 Å². The first-order valence-corrected chi connectivity index (χ1v) is 9.35.